The van der Waals surface area contributed by atoms with Crippen molar-refractivity contribution in [1.29, 1.82) is 0 Å². The van der Waals surface area contributed by atoms with Gasteiger partial charge in [0.25, 0.3) is 11.5 Å². The molecule has 1 aromatic heterocycles. The lowest BCUT2D eigenvalue weighted by Gasteiger charge is -2.24. The van der Waals surface area contributed by atoms with Crippen LogP contribution < -0.4 is 5.56 Å². The molecule has 1 aliphatic rings. The molecule has 1 amide bonds. The zero-order valence-corrected chi connectivity index (χ0v) is 16.0. The summed E-state index contributed by atoms with van der Waals surface area (Å²) in [6, 6.07) is 16.7. The van der Waals surface area contributed by atoms with Crippen molar-refractivity contribution in [2.75, 3.05) is 13.1 Å². The summed E-state index contributed by atoms with van der Waals surface area (Å²) >= 11 is 0. The fraction of sp³-hybridized carbons (Fsp3) is 0.217. The van der Waals surface area contributed by atoms with Crippen molar-refractivity contribution in [3.63, 3.8) is 0 Å². The summed E-state index contributed by atoms with van der Waals surface area (Å²) in [4.78, 5) is 29.6. The van der Waals surface area contributed by atoms with Gasteiger partial charge in [-0.25, -0.2) is 4.39 Å². The zero-order chi connectivity index (χ0) is 20.6. The number of β-amino-alcohol motifs (C(OH)–C–C–N with tert-alkyl or cyclic N) is 1. The summed E-state index contributed by atoms with van der Waals surface area (Å²) in [5.41, 5.74) is 1.24. The predicted molar refractivity (Wildman–Crippen MR) is 108 cm³/mol. The average molecular weight is 392 g/mol. The number of aromatic amines is 1. The molecule has 2 N–H and O–H groups in total. The van der Waals surface area contributed by atoms with Crippen LogP contribution in [0.1, 0.15) is 27.9 Å². The second kappa shape index (κ2) is 7.29. The van der Waals surface area contributed by atoms with Crippen molar-refractivity contribution in [1.82, 2.24) is 9.88 Å². The van der Waals surface area contributed by atoms with Gasteiger partial charge in [-0.1, -0.05) is 42.0 Å². The highest BCUT2D eigenvalue weighted by Crippen LogP contribution is 2.32. The fourth-order valence-electron chi connectivity index (χ4n) is 3.69. The van der Waals surface area contributed by atoms with E-state index < -0.39 is 22.9 Å². The van der Waals surface area contributed by atoms with Gasteiger partial charge in [0, 0.05) is 12.2 Å². The van der Waals surface area contributed by atoms with E-state index in [1.54, 1.807) is 12.1 Å². The Labute approximate surface area is 167 Å². The lowest BCUT2D eigenvalue weighted by molar-refractivity contribution is 0.0414. The number of hydrogen-bond donors (Lipinski definition) is 2. The molecule has 0 bridgehead atoms. The van der Waals surface area contributed by atoms with E-state index in [-0.39, 0.29) is 25.1 Å². The minimum atomic E-state index is -1.33. The van der Waals surface area contributed by atoms with Gasteiger partial charge < -0.3 is 15.0 Å². The average Bonchev–Trinajstić information content (AvgIpc) is 3.12. The van der Waals surface area contributed by atoms with Crippen LogP contribution >= 0.6 is 0 Å². The lowest BCUT2D eigenvalue weighted by atomic mass is 9.93. The van der Waals surface area contributed by atoms with Gasteiger partial charge in [0.1, 0.15) is 17.0 Å². The first-order chi connectivity index (χ1) is 13.9. The molecule has 1 saturated heterocycles. The normalized spacial score (nSPS) is 18.8. The van der Waals surface area contributed by atoms with Crippen molar-refractivity contribution < 1.29 is 14.3 Å². The summed E-state index contributed by atoms with van der Waals surface area (Å²) in [6.07, 6.45) is 0.279. The van der Waals surface area contributed by atoms with E-state index in [1.807, 2.05) is 31.2 Å². The van der Waals surface area contributed by atoms with Gasteiger partial charge in [0.15, 0.2) is 0 Å². The van der Waals surface area contributed by atoms with Crippen LogP contribution in [0.25, 0.3) is 11.3 Å². The van der Waals surface area contributed by atoms with Crippen molar-refractivity contribution in [3.8, 4) is 11.3 Å². The maximum Gasteiger partial charge on any atom is 0.261 e. The van der Waals surface area contributed by atoms with E-state index in [4.69, 9.17) is 0 Å². The summed E-state index contributed by atoms with van der Waals surface area (Å²) in [5, 5.41) is 10.9. The number of halogens is 1. The Morgan fingerprint density at radius 1 is 1.14 bits per heavy atom. The van der Waals surface area contributed by atoms with E-state index >= 15 is 0 Å². The minimum absolute atomic E-state index is 0.00837. The Bertz CT molecular complexity index is 1120. The highest BCUT2D eigenvalue weighted by atomic mass is 19.1. The van der Waals surface area contributed by atoms with Gasteiger partial charge in [-0.05, 0) is 48.7 Å². The molecule has 1 unspecified atom stereocenters. The smallest absolute Gasteiger partial charge is 0.261 e. The van der Waals surface area contributed by atoms with Crippen LogP contribution in [0.5, 0.6) is 0 Å². The first kappa shape index (κ1) is 19.1. The summed E-state index contributed by atoms with van der Waals surface area (Å²) in [6.45, 7) is 2.27. The number of carbonyl (C=O) groups is 1. The molecule has 3 aromatic rings. The number of pyridine rings is 1. The third-order valence-corrected chi connectivity index (χ3v) is 5.40. The van der Waals surface area contributed by atoms with Crippen LogP contribution in [0.3, 0.4) is 0 Å². The number of nitrogens with zero attached hydrogens (tertiary/aromatic N) is 1. The van der Waals surface area contributed by atoms with E-state index in [0.717, 1.165) is 11.1 Å². The predicted octanol–water partition coefficient (Wildman–Crippen LogP) is 3.22. The quantitative estimate of drug-likeness (QED) is 0.719. The van der Waals surface area contributed by atoms with Gasteiger partial charge in [-0.2, -0.15) is 0 Å². The Balaban J connectivity index is 1.56. The molecule has 1 fully saturated rings. The van der Waals surface area contributed by atoms with Crippen molar-refractivity contribution in [2.45, 2.75) is 18.9 Å². The molecule has 2 heterocycles. The number of aryl methyl sites for hydroxylation is 1. The summed E-state index contributed by atoms with van der Waals surface area (Å²) < 4.78 is 13.5. The lowest BCUT2D eigenvalue weighted by Crippen LogP contribution is -2.36. The molecule has 0 spiro atoms. The molecule has 0 aliphatic carbocycles. The van der Waals surface area contributed by atoms with E-state index in [9.17, 15) is 19.1 Å². The van der Waals surface area contributed by atoms with Gasteiger partial charge in [-0.3, -0.25) is 9.59 Å². The number of rotatable bonds is 3. The molecule has 2 aromatic carbocycles. The Morgan fingerprint density at radius 2 is 1.90 bits per heavy atom. The second-order valence-electron chi connectivity index (χ2n) is 7.50. The second-order valence-corrected chi connectivity index (χ2v) is 7.50. The van der Waals surface area contributed by atoms with Crippen LogP contribution in [0.4, 0.5) is 4.39 Å². The number of benzene rings is 2. The molecule has 29 heavy (non-hydrogen) atoms. The number of aromatic nitrogens is 1. The van der Waals surface area contributed by atoms with Gasteiger partial charge in [0.05, 0.1) is 6.54 Å². The van der Waals surface area contributed by atoms with Gasteiger partial charge in [-0.15, -0.1) is 0 Å². The Morgan fingerprint density at radius 3 is 2.59 bits per heavy atom. The maximum absolute atomic E-state index is 13.5. The first-order valence-corrected chi connectivity index (χ1v) is 9.44. The number of nitrogens with one attached hydrogen (secondary N) is 1. The molecule has 1 aliphatic heterocycles. The van der Waals surface area contributed by atoms with Crippen molar-refractivity contribution in [3.05, 3.63) is 93.5 Å². The number of amides is 1. The number of hydrogen-bond acceptors (Lipinski definition) is 3. The van der Waals surface area contributed by atoms with Gasteiger partial charge >= 0.3 is 0 Å². The molecule has 5 nitrogen and oxygen atoms in total. The highest BCUT2D eigenvalue weighted by Gasteiger charge is 2.40. The van der Waals surface area contributed by atoms with Crippen LogP contribution in [0, 0.1) is 12.7 Å². The molecule has 6 heteroatoms. The van der Waals surface area contributed by atoms with Crippen LogP contribution in [-0.2, 0) is 5.60 Å². The first-order valence-electron chi connectivity index (χ1n) is 9.44. The molecular weight excluding hydrogens is 371 g/mol. The largest absolute Gasteiger partial charge is 0.383 e. The number of aliphatic hydroxyl groups is 1. The van der Waals surface area contributed by atoms with E-state index in [1.165, 1.54) is 29.2 Å². The number of likely N-dealkylation sites (tertiary alicyclic amines) is 1. The Kier molecular flexibility index (Phi) is 4.80. The molecule has 1 atom stereocenters. The third kappa shape index (κ3) is 3.71. The molecule has 4 rings (SSSR count). The van der Waals surface area contributed by atoms with Crippen LogP contribution in [0.15, 0.2) is 65.5 Å². The van der Waals surface area contributed by atoms with Crippen LogP contribution in [0.2, 0.25) is 0 Å². The fourth-order valence-corrected chi connectivity index (χ4v) is 3.69. The topological polar surface area (TPSA) is 73.4 Å². The molecule has 148 valence electrons. The standard InChI is InChI=1S/C23H21FN2O3/c1-15-5-7-16(8-6-15)20-10-9-19(21(27)25-20)22(28)26-12-11-23(29,14-26)17-3-2-4-18(24)13-17/h2-10,13,29H,11-12,14H2,1H3,(H,25,27). The number of carbonyl (C=O) groups excluding carboxylic acids is 1. The Hall–Kier alpha value is -3.25. The highest BCUT2D eigenvalue weighted by molar-refractivity contribution is 5.94. The van der Waals surface area contributed by atoms with Crippen molar-refractivity contribution in [2.24, 2.45) is 0 Å². The third-order valence-electron chi connectivity index (χ3n) is 5.40. The minimum Gasteiger partial charge on any atom is -0.383 e. The summed E-state index contributed by atoms with van der Waals surface area (Å²) in [5.74, 6) is -0.891. The molecule has 0 saturated carbocycles. The van der Waals surface area contributed by atoms with E-state index in [2.05, 4.69) is 4.98 Å². The zero-order valence-electron chi connectivity index (χ0n) is 16.0. The molecular formula is C23H21FN2O3. The van der Waals surface area contributed by atoms with Crippen LogP contribution in [-0.4, -0.2) is 34.0 Å². The van der Waals surface area contributed by atoms with Crippen molar-refractivity contribution >= 4 is 5.91 Å². The summed E-state index contributed by atoms with van der Waals surface area (Å²) in [7, 11) is 0. The monoisotopic (exact) mass is 392 g/mol. The molecule has 0 radical (unpaired) electrons. The van der Waals surface area contributed by atoms with Gasteiger partial charge in [0.2, 0.25) is 0 Å². The number of H-pyrrole nitrogens is 1. The maximum atomic E-state index is 13.5. The van der Waals surface area contributed by atoms with E-state index in [0.29, 0.717) is 11.3 Å². The SMILES string of the molecule is Cc1ccc(-c2ccc(C(=O)N3CCC(O)(c4cccc(F)c4)C3)c(=O)[nH]2)cc1.